The van der Waals surface area contributed by atoms with Gasteiger partial charge in [-0.15, -0.1) is 0 Å². The summed E-state index contributed by atoms with van der Waals surface area (Å²) in [7, 11) is 1.25. The van der Waals surface area contributed by atoms with Gasteiger partial charge < -0.3 is 19.5 Å². The smallest absolute Gasteiger partial charge is 0.413 e. The van der Waals surface area contributed by atoms with E-state index in [1.807, 2.05) is 66.7 Å². The van der Waals surface area contributed by atoms with Crippen molar-refractivity contribution in [2.75, 3.05) is 19.0 Å². The zero-order valence-corrected chi connectivity index (χ0v) is 21.0. The van der Waals surface area contributed by atoms with Crippen molar-refractivity contribution >= 4 is 46.1 Å². The van der Waals surface area contributed by atoms with Gasteiger partial charge in [-0.05, 0) is 41.9 Å². The Hall–Kier alpha value is -4.57. The van der Waals surface area contributed by atoms with Gasteiger partial charge in [-0.1, -0.05) is 60.7 Å². The molecule has 0 aliphatic rings. The fourth-order valence-corrected chi connectivity index (χ4v) is 3.83. The first-order valence-electron chi connectivity index (χ1n) is 11.4. The highest BCUT2D eigenvalue weighted by Crippen LogP contribution is 2.38. The van der Waals surface area contributed by atoms with Crippen LogP contribution in [-0.4, -0.2) is 40.9 Å². The maximum absolute atomic E-state index is 12.8. The van der Waals surface area contributed by atoms with Gasteiger partial charge in [-0.3, -0.25) is 10.3 Å². The van der Waals surface area contributed by atoms with Crippen LogP contribution in [0.5, 0.6) is 5.75 Å². The Morgan fingerprint density at radius 1 is 1.00 bits per heavy atom. The molecule has 0 spiro atoms. The van der Waals surface area contributed by atoms with Crippen LogP contribution in [0.25, 0.3) is 22.0 Å². The van der Waals surface area contributed by atoms with Gasteiger partial charge in [0.05, 0.1) is 19.1 Å². The number of hydrogen-bond donors (Lipinski definition) is 2. The first-order valence-corrected chi connectivity index (χ1v) is 11.8. The number of carbonyl (C=O) groups is 2. The minimum Gasteiger partial charge on any atom is -0.484 e. The van der Waals surface area contributed by atoms with Gasteiger partial charge in [0.25, 0.3) is 0 Å². The predicted molar refractivity (Wildman–Crippen MR) is 143 cm³/mol. The molecule has 0 saturated carbocycles. The van der Waals surface area contributed by atoms with E-state index in [1.165, 1.54) is 7.11 Å². The molecular weight excluding hydrogens is 492 g/mol. The number of aromatic nitrogens is 2. The number of nitrogens with one attached hydrogen (secondary N) is 2. The van der Waals surface area contributed by atoms with Crippen LogP contribution in [0, 0.1) is 0 Å². The van der Waals surface area contributed by atoms with Crippen LogP contribution in [0.15, 0.2) is 72.9 Å². The molecule has 1 amide bonds. The molecule has 4 aromatic rings. The lowest BCUT2D eigenvalue weighted by atomic mass is 10.0. The van der Waals surface area contributed by atoms with Crippen LogP contribution in [-0.2, 0) is 16.1 Å². The number of benzene rings is 2. The molecule has 0 fully saturated rings. The second-order valence-electron chi connectivity index (χ2n) is 7.65. The lowest BCUT2D eigenvalue weighted by Gasteiger charge is -2.18. The molecular formula is C27H24N4O5S. The number of rotatable bonds is 7. The lowest BCUT2D eigenvalue weighted by molar-refractivity contribution is 0.0589. The number of fused-ring (bicyclic) bond motifs is 1. The number of esters is 1. The fraction of sp³-hybridized carbons (Fsp3) is 0.148. The van der Waals surface area contributed by atoms with Gasteiger partial charge in [0.1, 0.15) is 17.9 Å². The van der Waals surface area contributed by atoms with Crippen molar-refractivity contribution < 1.29 is 23.8 Å². The van der Waals surface area contributed by atoms with E-state index in [0.29, 0.717) is 10.9 Å². The molecule has 2 N–H and O–H groups in total. The van der Waals surface area contributed by atoms with Crippen LogP contribution in [0.3, 0.4) is 0 Å². The second-order valence-corrected chi connectivity index (χ2v) is 8.06. The molecule has 0 atom stereocenters. The third-order valence-corrected chi connectivity index (χ3v) is 5.46. The van der Waals surface area contributed by atoms with Crippen molar-refractivity contribution in [1.29, 1.82) is 0 Å². The lowest BCUT2D eigenvalue weighted by Crippen LogP contribution is -2.35. The standard InChI is InChI=1S/C27H24N4O5S/c1-3-35-27(33)31-26(37)30-24-20-19(18-12-8-5-9-13-18)14-15-28-21(20)23(22(29-24)25(32)34-2)36-16-17-10-6-4-7-11-17/h4-15H,3,16H2,1-2H3,(H2,29,30,31,33,37). The van der Waals surface area contributed by atoms with Crippen LogP contribution >= 0.6 is 12.2 Å². The minimum atomic E-state index is -0.721. The third kappa shape index (κ3) is 5.99. The molecule has 2 aromatic heterocycles. The van der Waals surface area contributed by atoms with E-state index < -0.39 is 12.1 Å². The summed E-state index contributed by atoms with van der Waals surface area (Å²) in [5.74, 6) is -0.362. The van der Waals surface area contributed by atoms with Crippen LogP contribution < -0.4 is 15.4 Å². The van der Waals surface area contributed by atoms with Crippen molar-refractivity contribution in [1.82, 2.24) is 15.3 Å². The summed E-state index contributed by atoms with van der Waals surface area (Å²) in [4.78, 5) is 33.8. The number of carbonyl (C=O) groups excluding carboxylic acids is 2. The van der Waals surface area contributed by atoms with Gasteiger partial charge in [0.15, 0.2) is 16.6 Å². The van der Waals surface area contributed by atoms with E-state index in [1.54, 1.807) is 13.1 Å². The van der Waals surface area contributed by atoms with E-state index in [2.05, 4.69) is 20.6 Å². The molecule has 4 rings (SSSR count). The number of nitrogens with zero attached hydrogens (tertiary/aromatic N) is 2. The molecule has 188 valence electrons. The van der Waals surface area contributed by atoms with E-state index in [9.17, 15) is 9.59 Å². The molecule has 0 aliphatic carbocycles. The Morgan fingerprint density at radius 3 is 2.38 bits per heavy atom. The SMILES string of the molecule is CCOC(=O)NC(=S)Nc1nc(C(=O)OC)c(OCc2ccccc2)c2nccc(-c3ccccc3)c12. The normalized spacial score (nSPS) is 10.4. The van der Waals surface area contributed by atoms with Crippen LogP contribution in [0.4, 0.5) is 10.6 Å². The molecule has 0 radical (unpaired) electrons. The molecule has 9 nitrogen and oxygen atoms in total. The maximum atomic E-state index is 12.8. The Morgan fingerprint density at radius 2 is 1.70 bits per heavy atom. The predicted octanol–water partition coefficient (Wildman–Crippen LogP) is 5.11. The number of ether oxygens (including phenoxy) is 3. The summed E-state index contributed by atoms with van der Waals surface area (Å²) in [6.45, 7) is 2.03. The van der Waals surface area contributed by atoms with Crippen molar-refractivity contribution in [3.05, 3.63) is 84.2 Å². The van der Waals surface area contributed by atoms with Gasteiger partial charge in [0, 0.05) is 6.20 Å². The second kappa shape index (κ2) is 11.9. The number of alkyl carbamates (subject to hydrolysis) is 1. The molecule has 2 aromatic carbocycles. The van der Waals surface area contributed by atoms with Crippen molar-refractivity contribution in [3.8, 4) is 16.9 Å². The summed E-state index contributed by atoms with van der Waals surface area (Å²) >= 11 is 5.30. The van der Waals surface area contributed by atoms with Gasteiger partial charge in [-0.2, -0.15) is 0 Å². The van der Waals surface area contributed by atoms with Crippen LogP contribution in [0.1, 0.15) is 23.0 Å². The summed E-state index contributed by atoms with van der Waals surface area (Å²) in [5.41, 5.74) is 2.82. The molecule has 37 heavy (non-hydrogen) atoms. The molecule has 0 bridgehead atoms. The van der Waals surface area contributed by atoms with E-state index in [-0.39, 0.29) is 35.6 Å². The third-order valence-electron chi connectivity index (χ3n) is 5.25. The highest BCUT2D eigenvalue weighted by atomic mass is 32.1. The van der Waals surface area contributed by atoms with E-state index in [4.69, 9.17) is 26.4 Å². The molecule has 0 aliphatic heterocycles. The quantitative estimate of drug-likeness (QED) is 0.256. The van der Waals surface area contributed by atoms with Crippen molar-refractivity contribution in [2.24, 2.45) is 0 Å². The number of amides is 1. The Balaban J connectivity index is 1.89. The molecule has 0 unspecified atom stereocenters. The first kappa shape index (κ1) is 25.5. The highest BCUT2D eigenvalue weighted by molar-refractivity contribution is 7.80. The Labute approximate surface area is 218 Å². The highest BCUT2D eigenvalue weighted by Gasteiger charge is 2.25. The zero-order valence-electron chi connectivity index (χ0n) is 20.2. The van der Waals surface area contributed by atoms with E-state index in [0.717, 1.165) is 16.7 Å². The van der Waals surface area contributed by atoms with Gasteiger partial charge in [0.2, 0.25) is 0 Å². The Bertz CT molecular complexity index is 1430. The molecule has 10 heteroatoms. The maximum Gasteiger partial charge on any atom is 0.413 e. The monoisotopic (exact) mass is 516 g/mol. The Kier molecular flexibility index (Phi) is 8.22. The fourth-order valence-electron chi connectivity index (χ4n) is 3.65. The van der Waals surface area contributed by atoms with E-state index >= 15 is 0 Å². The van der Waals surface area contributed by atoms with Crippen LogP contribution in [0.2, 0.25) is 0 Å². The number of anilines is 1. The average Bonchev–Trinajstić information content (AvgIpc) is 2.92. The van der Waals surface area contributed by atoms with Gasteiger partial charge >= 0.3 is 12.1 Å². The number of thiocarbonyl (C=S) groups is 1. The number of methoxy groups -OCH3 is 1. The first-order chi connectivity index (χ1) is 18.0. The van der Waals surface area contributed by atoms with Gasteiger partial charge in [-0.25, -0.2) is 14.6 Å². The number of hydrogen-bond acceptors (Lipinski definition) is 8. The average molecular weight is 517 g/mol. The molecule has 2 heterocycles. The van der Waals surface area contributed by atoms with Crippen molar-refractivity contribution in [2.45, 2.75) is 13.5 Å². The largest absolute Gasteiger partial charge is 0.484 e. The summed E-state index contributed by atoms with van der Waals surface area (Å²) in [6.07, 6.45) is 0.904. The van der Waals surface area contributed by atoms with Crippen molar-refractivity contribution in [3.63, 3.8) is 0 Å². The molecule has 0 saturated heterocycles. The summed E-state index contributed by atoms with van der Waals surface area (Å²) in [6, 6.07) is 20.9. The zero-order chi connectivity index (χ0) is 26.2. The number of pyridine rings is 2. The topological polar surface area (TPSA) is 112 Å². The summed E-state index contributed by atoms with van der Waals surface area (Å²) in [5, 5.41) is 5.81. The minimum absolute atomic E-state index is 0.0658. The summed E-state index contributed by atoms with van der Waals surface area (Å²) < 4.78 is 16.0.